The zero-order valence-corrected chi connectivity index (χ0v) is 18.3. The van der Waals surface area contributed by atoms with Crippen molar-refractivity contribution in [3.63, 3.8) is 0 Å². The molecule has 0 aromatic heterocycles. The standard InChI is InChI=1S/C23H30N2O3S/c1-5-17(4)28-21-11-6-8-18(14-21)22(26)25-23(29)24-19-9-7-10-20(15-19)27-13-12-16(2)3/h6-11,14-17H,5,12-13H2,1-4H3,(H2,24,25,26,29). The monoisotopic (exact) mass is 414 g/mol. The number of rotatable bonds is 9. The molecule has 0 bridgehead atoms. The van der Waals surface area contributed by atoms with Crippen molar-refractivity contribution in [1.29, 1.82) is 0 Å². The second kappa shape index (κ2) is 11.4. The lowest BCUT2D eigenvalue weighted by Crippen LogP contribution is -2.34. The Hall–Kier alpha value is -2.60. The van der Waals surface area contributed by atoms with Gasteiger partial charge in [0.25, 0.3) is 5.91 Å². The third-order valence-corrected chi connectivity index (χ3v) is 4.50. The van der Waals surface area contributed by atoms with E-state index < -0.39 is 0 Å². The zero-order valence-electron chi connectivity index (χ0n) is 17.5. The van der Waals surface area contributed by atoms with Crippen LogP contribution < -0.4 is 20.1 Å². The van der Waals surface area contributed by atoms with Gasteiger partial charge in [0.05, 0.1) is 12.7 Å². The van der Waals surface area contributed by atoms with Crippen molar-refractivity contribution < 1.29 is 14.3 Å². The molecule has 2 aromatic rings. The Kier molecular flexibility index (Phi) is 8.93. The number of ether oxygens (including phenoxy) is 2. The van der Waals surface area contributed by atoms with Crippen LogP contribution in [0.5, 0.6) is 11.5 Å². The lowest BCUT2D eigenvalue weighted by Gasteiger charge is -2.14. The van der Waals surface area contributed by atoms with Gasteiger partial charge in [-0.3, -0.25) is 10.1 Å². The highest BCUT2D eigenvalue weighted by atomic mass is 32.1. The molecule has 2 rings (SSSR count). The summed E-state index contributed by atoms with van der Waals surface area (Å²) in [7, 11) is 0. The molecule has 1 atom stereocenters. The fraction of sp³-hybridized carbons (Fsp3) is 0.391. The van der Waals surface area contributed by atoms with Crippen LogP contribution in [0.25, 0.3) is 0 Å². The van der Waals surface area contributed by atoms with Crippen LogP contribution in [0, 0.1) is 5.92 Å². The van der Waals surface area contributed by atoms with Crippen molar-refractivity contribution in [3.8, 4) is 11.5 Å². The number of carbonyl (C=O) groups is 1. The highest BCUT2D eigenvalue weighted by Gasteiger charge is 2.10. The Morgan fingerprint density at radius 3 is 2.52 bits per heavy atom. The van der Waals surface area contributed by atoms with Gasteiger partial charge in [-0.25, -0.2) is 0 Å². The molecule has 2 aromatic carbocycles. The quantitative estimate of drug-likeness (QED) is 0.537. The smallest absolute Gasteiger partial charge is 0.257 e. The van der Waals surface area contributed by atoms with E-state index >= 15 is 0 Å². The molecule has 5 nitrogen and oxygen atoms in total. The highest BCUT2D eigenvalue weighted by molar-refractivity contribution is 7.80. The van der Waals surface area contributed by atoms with Gasteiger partial charge in [-0.15, -0.1) is 0 Å². The van der Waals surface area contributed by atoms with E-state index in [1.165, 1.54) is 0 Å². The fourth-order valence-electron chi connectivity index (χ4n) is 2.44. The van der Waals surface area contributed by atoms with Crippen LogP contribution in [0.3, 0.4) is 0 Å². The van der Waals surface area contributed by atoms with E-state index in [0.717, 1.165) is 24.3 Å². The van der Waals surface area contributed by atoms with Gasteiger partial charge in [-0.05, 0) is 68.2 Å². The molecule has 0 saturated carbocycles. The molecule has 1 amide bonds. The molecule has 0 aliphatic heterocycles. The van der Waals surface area contributed by atoms with Crippen LogP contribution in [0.4, 0.5) is 5.69 Å². The molecular formula is C23H30N2O3S. The van der Waals surface area contributed by atoms with E-state index in [-0.39, 0.29) is 17.1 Å². The summed E-state index contributed by atoms with van der Waals surface area (Å²) in [5, 5.41) is 5.95. The fourth-order valence-corrected chi connectivity index (χ4v) is 2.65. The molecule has 156 valence electrons. The van der Waals surface area contributed by atoms with Gasteiger partial charge < -0.3 is 14.8 Å². The van der Waals surface area contributed by atoms with Crippen LogP contribution in [0.1, 0.15) is 50.9 Å². The van der Waals surface area contributed by atoms with Gasteiger partial charge in [0.2, 0.25) is 0 Å². The Morgan fingerprint density at radius 1 is 1.07 bits per heavy atom. The number of nitrogens with one attached hydrogen (secondary N) is 2. The summed E-state index contributed by atoms with van der Waals surface area (Å²) < 4.78 is 11.5. The predicted octanol–water partition coefficient (Wildman–Crippen LogP) is 5.42. The Morgan fingerprint density at radius 2 is 1.79 bits per heavy atom. The SMILES string of the molecule is CCC(C)Oc1cccc(C(=O)NC(=S)Nc2cccc(OCCC(C)C)c2)c1. The second-order valence-corrected chi connectivity index (χ2v) is 7.74. The predicted molar refractivity (Wildman–Crippen MR) is 122 cm³/mol. The van der Waals surface area contributed by atoms with E-state index in [1.807, 2.05) is 37.3 Å². The maximum absolute atomic E-state index is 12.5. The summed E-state index contributed by atoms with van der Waals surface area (Å²) in [6.07, 6.45) is 1.97. The molecule has 0 saturated heterocycles. The van der Waals surface area contributed by atoms with Gasteiger partial charge >= 0.3 is 0 Å². The van der Waals surface area contributed by atoms with Crippen LogP contribution in [0.15, 0.2) is 48.5 Å². The minimum atomic E-state index is -0.290. The third-order valence-electron chi connectivity index (χ3n) is 4.29. The molecule has 0 fully saturated rings. The first-order chi connectivity index (χ1) is 13.9. The maximum atomic E-state index is 12.5. The van der Waals surface area contributed by atoms with Crippen LogP contribution >= 0.6 is 12.2 Å². The summed E-state index contributed by atoms with van der Waals surface area (Å²) in [6.45, 7) is 9.03. The van der Waals surface area contributed by atoms with E-state index in [9.17, 15) is 4.79 Å². The van der Waals surface area contributed by atoms with Crippen LogP contribution in [-0.4, -0.2) is 23.7 Å². The van der Waals surface area contributed by atoms with Crippen LogP contribution in [0.2, 0.25) is 0 Å². The lowest BCUT2D eigenvalue weighted by molar-refractivity contribution is 0.0977. The first-order valence-electron chi connectivity index (χ1n) is 9.99. The highest BCUT2D eigenvalue weighted by Crippen LogP contribution is 2.19. The third kappa shape index (κ3) is 8.11. The summed E-state index contributed by atoms with van der Waals surface area (Å²) >= 11 is 5.28. The topological polar surface area (TPSA) is 59.6 Å². The number of hydrogen-bond donors (Lipinski definition) is 2. The minimum absolute atomic E-state index is 0.0890. The minimum Gasteiger partial charge on any atom is -0.494 e. The van der Waals surface area contributed by atoms with Crippen molar-refractivity contribution >= 4 is 28.9 Å². The lowest BCUT2D eigenvalue weighted by atomic mass is 10.1. The summed E-state index contributed by atoms with van der Waals surface area (Å²) in [5.74, 6) is 1.73. The Bertz CT molecular complexity index is 823. The molecule has 1 unspecified atom stereocenters. The van der Waals surface area contributed by atoms with E-state index in [4.69, 9.17) is 21.7 Å². The molecule has 0 radical (unpaired) electrons. The normalized spacial score (nSPS) is 11.6. The van der Waals surface area contributed by atoms with Gasteiger partial charge in [0, 0.05) is 17.3 Å². The van der Waals surface area contributed by atoms with Crippen molar-refractivity contribution in [2.24, 2.45) is 5.92 Å². The van der Waals surface area contributed by atoms with Gasteiger partial charge in [0.15, 0.2) is 5.11 Å². The molecule has 6 heteroatoms. The first-order valence-corrected chi connectivity index (χ1v) is 10.4. The Balaban J connectivity index is 1.92. The number of hydrogen-bond acceptors (Lipinski definition) is 4. The maximum Gasteiger partial charge on any atom is 0.257 e. The number of carbonyl (C=O) groups excluding carboxylic acids is 1. The van der Waals surface area contributed by atoms with E-state index in [2.05, 4.69) is 31.4 Å². The number of amides is 1. The van der Waals surface area contributed by atoms with Crippen molar-refractivity contribution in [2.45, 2.75) is 46.6 Å². The number of benzene rings is 2. The molecule has 0 aliphatic rings. The van der Waals surface area contributed by atoms with Crippen molar-refractivity contribution in [2.75, 3.05) is 11.9 Å². The largest absolute Gasteiger partial charge is 0.494 e. The Labute approximate surface area is 178 Å². The number of anilines is 1. The zero-order chi connectivity index (χ0) is 21.2. The number of thiocarbonyl (C=S) groups is 1. The van der Waals surface area contributed by atoms with Crippen molar-refractivity contribution in [1.82, 2.24) is 5.32 Å². The van der Waals surface area contributed by atoms with Crippen LogP contribution in [-0.2, 0) is 0 Å². The average Bonchev–Trinajstić information content (AvgIpc) is 2.68. The molecule has 0 aliphatic carbocycles. The summed E-state index contributed by atoms with van der Waals surface area (Å²) in [5.41, 5.74) is 1.24. The van der Waals surface area contributed by atoms with Crippen molar-refractivity contribution in [3.05, 3.63) is 54.1 Å². The second-order valence-electron chi connectivity index (χ2n) is 7.33. The average molecular weight is 415 g/mol. The van der Waals surface area contributed by atoms with Gasteiger partial charge in [0.1, 0.15) is 11.5 Å². The van der Waals surface area contributed by atoms with Gasteiger partial charge in [-0.1, -0.05) is 32.9 Å². The molecule has 0 spiro atoms. The molecule has 0 heterocycles. The van der Waals surface area contributed by atoms with Gasteiger partial charge in [-0.2, -0.15) is 0 Å². The molecular weight excluding hydrogens is 384 g/mol. The summed E-state index contributed by atoms with van der Waals surface area (Å²) in [4.78, 5) is 12.5. The van der Waals surface area contributed by atoms with E-state index in [0.29, 0.717) is 23.8 Å². The first kappa shape index (κ1) is 22.7. The summed E-state index contributed by atoms with van der Waals surface area (Å²) in [6, 6.07) is 14.6. The molecule has 2 N–H and O–H groups in total. The van der Waals surface area contributed by atoms with E-state index in [1.54, 1.807) is 18.2 Å². The molecule has 29 heavy (non-hydrogen) atoms.